The van der Waals surface area contributed by atoms with Crippen LogP contribution in [-0.2, 0) is 6.54 Å². The standard InChI is InChI=1S/C11H14ClNO/c12-10-1-2-11-8(3-4-14)6-13-7-9(11)5-10/h1-2,5,8,13-14H,3-4,6-7H2/t8-/m0/s1. The normalized spacial score (nSPS) is 20.6. The van der Waals surface area contributed by atoms with Crippen LogP contribution in [0.5, 0.6) is 0 Å². The first-order valence-corrected chi connectivity index (χ1v) is 5.29. The summed E-state index contributed by atoms with van der Waals surface area (Å²) in [4.78, 5) is 0. The third-order valence-corrected chi connectivity index (χ3v) is 2.96. The van der Waals surface area contributed by atoms with E-state index in [2.05, 4.69) is 11.4 Å². The number of halogens is 1. The predicted molar refractivity (Wildman–Crippen MR) is 57.6 cm³/mol. The molecule has 1 aliphatic heterocycles. The van der Waals surface area contributed by atoms with Crippen molar-refractivity contribution in [3.05, 3.63) is 34.3 Å². The molecule has 14 heavy (non-hydrogen) atoms. The molecular weight excluding hydrogens is 198 g/mol. The van der Waals surface area contributed by atoms with Crippen LogP contribution >= 0.6 is 11.6 Å². The van der Waals surface area contributed by atoms with E-state index in [4.69, 9.17) is 16.7 Å². The summed E-state index contributed by atoms with van der Waals surface area (Å²) in [6, 6.07) is 6.02. The van der Waals surface area contributed by atoms with Crippen LogP contribution < -0.4 is 5.32 Å². The van der Waals surface area contributed by atoms with E-state index in [9.17, 15) is 0 Å². The maximum atomic E-state index is 8.94. The number of benzene rings is 1. The highest BCUT2D eigenvalue weighted by atomic mass is 35.5. The second kappa shape index (κ2) is 4.30. The molecule has 0 fully saturated rings. The van der Waals surface area contributed by atoms with E-state index in [0.717, 1.165) is 24.5 Å². The Bertz CT molecular complexity index is 327. The van der Waals surface area contributed by atoms with Crippen molar-refractivity contribution in [2.75, 3.05) is 13.2 Å². The monoisotopic (exact) mass is 211 g/mol. The Morgan fingerprint density at radius 1 is 1.50 bits per heavy atom. The molecule has 3 heteroatoms. The van der Waals surface area contributed by atoms with Crippen LogP contribution in [0.25, 0.3) is 0 Å². The maximum Gasteiger partial charge on any atom is 0.0437 e. The molecule has 1 aromatic carbocycles. The fourth-order valence-electron chi connectivity index (χ4n) is 2.03. The minimum Gasteiger partial charge on any atom is -0.396 e. The molecule has 0 bridgehead atoms. The van der Waals surface area contributed by atoms with Gasteiger partial charge in [0, 0.05) is 24.7 Å². The fraction of sp³-hybridized carbons (Fsp3) is 0.455. The first-order chi connectivity index (χ1) is 6.81. The second-order valence-electron chi connectivity index (χ2n) is 3.68. The van der Waals surface area contributed by atoms with Crippen molar-refractivity contribution in [2.45, 2.75) is 18.9 Å². The lowest BCUT2D eigenvalue weighted by atomic mass is 9.89. The van der Waals surface area contributed by atoms with Crippen LogP contribution in [0.2, 0.25) is 5.02 Å². The zero-order valence-corrected chi connectivity index (χ0v) is 8.72. The van der Waals surface area contributed by atoms with Crippen LogP contribution in [0, 0.1) is 0 Å². The van der Waals surface area contributed by atoms with Gasteiger partial charge < -0.3 is 10.4 Å². The third kappa shape index (κ3) is 1.92. The summed E-state index contributed by atoms with van der Waals surface area (Å²) in [5, 5.41) is 13.1. The van der Waals surface area contributed by atoms with Crippen molar-refractivity contribution in [3.63, 3.8) is 0 Å². The Kier molecular flexibility index (Phi) is 3.06. The van der Waals surface area contributed by atoms with E-state index in [1.165, 1.54) is 11.1 Å². The quantitative estimate of drug-likeness (QED) is 0.784. The Morgan fingerprint density at radius 3 is 3.14 bits per heavy atom. The van der Waals surface area contributed by atoms with Gasteiger partial charge in [0.15, 0.2) is 0 Å². The van der Waals surface area contributed by atoms with E-state index < -0.39 is 0 Å². The molecule has 0 saturated heterocycles. The van der Waals surface area contributed by atoms with Gasteiger partial charge >= 0.3 is 0 Å². The molecule has 2 nitrogen and oxygen atoms in total. The number of rotatable bonds is 2. The number of hydrogen-bond donors (Lipinski definition) is 2. The van der Waals surface area contributed by atoms with Crippen molar-refractivity contribution in [1.82, 2.24) is 5.32 Å². The van der Waals surface area contributed by atoms with Crippen molar-refractivity contribution in [3.8, 4) is 0 Å². The lowest BCUT2D eigenvalue weighted by Crippen LogP contribution is -2.28. The molecule has 0 spiro atoms. The summed E-state index contributed by atoms with van der Waals surface area (Å²) in [5.41, 5.74) is 2.60. The molecule has 2 N–H and O–H groups in total. The first kappa shape index (κ1) is 9.97. The molecule has 0 aliphatic carbocycles. The van der Waals surface area contributed by atoms with Crippen LogP contribution in [0.4, 0.5) is 0 Å². The van der Waals surface area contributed by atoms with Crippen LogP contribution in [-0.4, -0.2) is 18.3 Å². The molecule has 0 radical (unpaired) electrons. The molecular formula is C11H14ClNO. The molecule has 2 rings (SSSR count). The highest BCUT2D eigenvalue weighted by Crippen LogP contribution is 2.28. The highest BCUT2D eigenvalue weighted by molar-refractivity contribution is 6.30. The third-order valence-electron chi connectivity index (χ3n) is 2.73. The summed E-state index contributed by atoms with van der Waals surface area (Å²) >= 11 is 5.92. The van der Waals surface area contributed by atoms with Crippen molar-refractivity contribution < 1.29 is 5.11 Å². The van der Waals surface area contributed by atoms with E-state index >= 15 is 0 Å². The number of nitrogens with one attached hydrogen (secondary N) is 1. The van der Waals surface area contributed by atoms with Crippen LogP contribution in [0.1, 0.15) is 23.5 Å². The zero-order valence-electron chi connectivity index (χ0n) is 7.96. The minimum atomic E-state index is 0.244. The van der Waals surface area contributed by atoms with E-state index in [1.807, 2.05) is 12.1 Å². The van der Waals surface area contributed by atoms with Gasteiger partial charge in [-0.05, 0) is 35.6 Å². The molecule has 1 atom stereocenters. The van der Waals surface area contributed by atoms with Gasteiger partial charge in [-0.3, -0.25) is 0 Å². The number of hydrogen-bond acceptors (Lipinski definition) is 2. The lowest BCUT2D eigenvalue weighted by Gasteiger charge is -2.26. The molecule has 0 saturated carbocycles. The Balaban J connectivity index is 2.30. The van der Waals surface area contributed by atoms with Gasteiger partial charge in [0.25, 0.3) is 0 Å². The van der Waals surface area contributed by atoms with E-state index in [0.29, 0.717) is 5.92 Å². The SMILES string of the molecule is OCC[C@H]1CNCc2cc(Cl)ccc21. The van der Waals surface area contributed by atoms with Gasteiger partial charge in [0.05, 0.1) is 0 Å². The summed E-state index contributed by atoms with van der Waals surface area (Å²) < 4.78 is 0. The molecule has 1 aliphatic rings. The van der Waals surface area contributed by atoms with Gasteiger partial charge in [-0.1, -0.05) is 17.7 Å². The highest BCUT2D eigenvalue weighted by Gasteiger charge is 2.19. The number of aliphatic hydroxyl groups is 1. The summed E-state index contributed by atoms with van der Waals surface area (Å²) in [6.45, 7) is 2.08. The van der Waals surface area contributed by atoms with Crippen molar-refractivity contribution >= 4 is 11.6 Å². The Labute approximate surface area is 88.9 Å². The smallest absolute Gasteiger partial charge is 0.0437 e. The summed E-state index contributed by atoms with van der Waals surface area (Å²) in [6.07, 6.45) is 0.821. The topological polar surface area (TPSA) is 32.3 Å². The van der Waals surface area contributed by atoms with Gasteiger partial charge in [0.1, 0.15) is 0 Å². The van der Waals surface area contributed by atoms with Gasteiger partial charge in [-0.2, -0.15) is 0 Å². The van der Waals surface area contributed by atoms with Crippen molar-refractivity contribution in [1.29, 1.82) is 0 Å². The van der Waals surface area contributed by atoms with E-state index in [-0.39, 0.29) is 6.61 Å². The molecule has 76 valence electrons. The summed E-state index contributed by atoms with van der Waals surface area (Å²) in [5.74, 6) is 0.431. The van der Waals surface area contributed by atoms with Crippen LogP contribution in [0.3, 0.4) is 0 Å². The van der Waals surface area contributed by atoms with Gasteiger partial charge in [0.2, 0.25) is 0 Å². The second-order valence-corrected chi connectivity index (χ2v) is 4.12. The lowest BCUT2D eigenvalue weighted by molar-refractivity contribution is 0.271. The first-order valence-electron chi connectivity index (χ1n) is 4.91. The predicted octanol–water partition coefficient (Wildman–Crippen LogP) is 1.91. The molecule has 1 heterocycles. The van der Waals surface area contributed by atoms with Crippen LogP contribution in [0.15, 0.2) is 18.2 Å². The Hall–Kier alpha value is -0.570. The van der Waals surface area contributed by atoms with E-state index in [1.54, 1.807) is 0 Å². The van der Waals surface area contributed by atoms with Gasteiger partial charge in [-0.15, -0.1) is 0 Å². The number of fused-ring (bicyclic) bond motifs is 1. The maximum absolute atomic E-state index is 8.94. The molecule has 0 amide bonds. The minimum absolute atomic E-state index is 0.244. The fourth-order valence-corrected chi connectivity index (χ4v) is 2.22. The largest absolute Gasteiger partial charge is 0.396 e. The average molecular weight is 212 g/mol. The average Bonchev–Trinajstić information content (AvgIpc) is 2.18. The Morgan fingerprint density at radius 2 is 2.36 bits per heavy atom. The molecule has 0 aromatic heterocycles. The van der Waals surface area contributed by atoms with Crippen molar-refractivity contribution in [2.24, 2.45) is 0 Å². The molecule has 1 aromatic rings. The summed E-state index contributed by atoms with van der Waals surface area (Å²) in [7, 11) is 0. The zero-order chi connectivity index (χ0) is 9.97. The molecule has 0 unspecified atom stereocenters. The van der Waals surface area contributed by atoms with Gasteiger partial charge in [-0.25, -0.2) is 0 Å². The number of aliphatic hydroxyl groups excluding tert-OH is 1.